The minimum Gasteiger partial charge on any atom is -0.0792 e. The maximum Gasteiger partial charge on any atom is 0.0175 e. The molecule has 0 radical (unpaired) electrons. The fraction of sp³-hybridized carbons (Fsp3) is 0.0667. The summed E-state index contributed by atoms with van der Waals surface area (Å²) in [5.74, 6) is 0. The molecule has 0 fully saturated rings. The minimum absolute atomic E-state index is 1.11. The van der Waals surface area contributed by atoms with Crippen molar-refractivity contribution in [2.45, 2.75) is 6.92 Å². The van der Waals surface area contributed by atoms with Crippen molar-refractivity contribution in [2.24, 2.45) is 0 Å². The second kappa shape index (κ2) is 5.13. The summed E-state index contributed by atoms with van der Waals surface area (Å²) in [6, 6.07) is 18.9. The van der Waals surface area contributed by atoms with Crippen LogP contribution in [0, 0.1) is 0 Å². The Bertz CT molecular complexity index is 481. The highest BCUT2D eigenvalue weighted by molar-refractivity contribution is 9.10. The second-order valence-corrected chi connectivity index (χ2v) is 4.49. The van der Waals surface area contributed by atoms with Crippen LogP contribution in [-0.4, -0.2) is 0 Å². The largest absolute Gasteiger partial charge is 0.0792 e. The SMILES string of the molecule is CC=C(c1ccccc1)c1ccc(Br)cc1. The van der Waals surface area contributed by atoms with E-state index in [1.807, 2.05) is 6.07 Å². The van der Waals surface area contributed by atoms with E-state index in [1.54, 1.807) is 0 Å². The molecule has 0 saturated carbocycles. The lowest BCUT2D eigenvalue weighted by Gasteiger charge is -2.07. The molecule has 2 rings (SSSR count). The molecule has 2 aromatic carbocycles. The molecular weight excluding hydrogens is 260 g/mol. The van der Waals surface area contributed by atoms with Crippen molar-refractivity contribution < 1.29 is 0 Å². The zero-order valence-electron chi connectivity index (χ0n) is 9.15. The number of halogens is 1. The summed E-state index contributed by atoms with van der Waals surface area (Å²) in [6.45, 7) is 2.07. The summed E-state index contributed by atoms with van der Waals surface area (Å²) in [5, 5.41) is 0. The van der Waals surface area contributed by atoms with Crippen molar-refractivity contribution in [3.8, 4) is 0 Å². The Hall–Kier alpha value is -1.34. The van der Waals surface area contributed by atoms with Crippen LogP contribution in [0.25, 0.3) is 5.57 Å². The minimum atomic E-state index is 1.11. The summed E-state index contributed by atoms with van der Waals surface area (Å²) in [7, 11) is 0. The fourth-order valence-corrected chi connectivity index (χ4v) is 2.01. The van der Waals surface area contributed by atoms with Crippen LogP contribution in [0.2, 0.25) is 0 Å². The Morgan fingerprint density at radius 2 is 1.44 bits per heavy atom. The predicted molar refractivity (Wildman–Crippen MR) is 73.3 cm³/mol. The van der Waals surface area contributed by atoms with Gasteiger partial charge in [0.15, 0.2) is 0 Å². The molecule has 16 heavy (non-hydrogen) atoms. The van der Waals surface area contributed by atoms with Crippen molar-refractivity contribution in [2.75, 3.05) is 0 Å². The number of hydrogen-bond donors (Lipinski definition) is 0. The lowest BCUT2D eigenvalue weighted by molar-refractivity contribution is 1.51. The molecule has 0 saturated heterocycles. The van der Waals surface area contributed by atoms with Crippen molar-refractivity contribution in [3.05, 3.63) is 76.3 Å². The fourth-order valence-electron chi connectivity index (χ4n) is 1.75. The molecule has 2 aromatic rings. The number of rotatable bonds is 2. The van der Waals surface area contributed by atoms with E-state index in [4.69, 9.17) is 0 Å². The van der Waals surface area contributed by atoms with Crippen LogP contribution in [0.5, 0.6) is 0 Å². The van der Waals surface area contributed by atoms with Crippen molar-refractivity contribution in [1.29, 1.82) is 0 Å². The van der Waals surface area contributed by atoms with Gasteiger partial charge in [-0.25, -0.2) is 0 Å². The maximum absolute atomic E-state index is 3.45. The van der Waals surface area contributed by atoms with Gasteiger partial charge in [-0.2, -0.15) is 0 Å². The number of allylic oxidation sites excluding steroid dienone is 1. The Balaban J connectivity index is 2.42. The third-order valence-corrected chi connectivity index (χ3v) is 3.06. The smallest absolute Gasteiger partial charge is 0.0175 e. The van der Waals surface area contributed by atoms with E-state index >= 15 is 0 Å². The van der Waals surface area contributed by atoms with Crippen molar-refractivity contribution in [3.63, 3.8) is 0 Å². The van der Waals surface area contributed by atoms with Gasteiger partial charge in [0, 0.05) is 4.47 Å². The summed E-state index contributed by atoms with van der Waals surface area (Å²) in [4.78, 5) is 0. The van der Waals surface area contributed by atoms with Crippen LogP contribution < -0.4 is 0 Å². The first-order valence-electron chi connectivity index (χ1n) is 5.29. The molecule has 0 bridgehead atoms. The van der Waals surface area contributed by atoms with E-state index in [0.29, 0.717) is 0 Å². The molecule has 1 heteroatoms. The van der Waals surface area contributed by atoms with E-state index in [0.717, 1.165) is 4.47 Å². The van der Waals surface area contributed by atoms with Gasteiger partial charge in [-0.1, -0.05) is 64.5 Å². The topological polar surface area (TPSA) is 0 Å². The average Bonchev–Trinajstić information content (AvgIpc) is 2.34. The first-order chi connectivity index (χ1) is 7.81. The molecule has 0 amide bonds. The van der Waals surface area contributed by atoms with Gasteiger partial charge in [-0.3, -0.25) is 0 Å². The first kappa shape index (κ1) is 11.2. The summed E-state index contributed by atoms with van der Waals surface area (Å²) >= 11 is 3.45. The molecule has 0 aliphatic rings. The van der Waals surface area contributed by atoms with Crippen LogP contribution in [0.4, 0.5) is 0 Å². The molecular formula is C15H13Br. The van der Waals surface area contributed by atoms with E-state index in [9.17, 15) is 0 Å². The van der Waals surface area contributed by atoms with Crippen LogP contribution in [-0.2, 0) is 0 Å². The van der Waals surface area contributed by atoms with Crippen molar-refractivity contribution >= 4 is 21.5 Å². The summed E-state index contributed by atoms with van der Waals surface area (Å²) in [6.07, 6.45) is 2.15. The van der Waals surface area contributed by atoms with Gasteiger partial charge < -0.3 is 0 Å². The number of hydrogen-bond acceptors (Lipinski definition) is 0. The third-order valence-electron chi connectivity index (χ3n) is 2.53. The summed E-state index contributed by atoms with van der Waals surface area (Å²) in [5.41, 5.74) is 3.78. The van der Waals surface area contributed by atoms with Gasteiger partial charge >= 0.3 is 0 Å². The molecule has 0 aromatic heterocycles. The molecule has 0 N–H and O–H groups in total. The second-order valence-electron chi connectivity index (χ2n) is 3.58. The Labute approximate surface area is 105 Å². The Kier molecular flexibility index (Phi) is 3.58. The molecule has 0 unspecified atom stereocenters. The lowest BCUT2D eigenvalue weighted by Crippen LogP contribution is -1.86. The zero-order chi connectivity index (χ0) is 11.4. The molecule has 0 aliphatic carbocycles. The quantitative estimate of drug-likeness (QED) is 0.730. The van der Waals surface area contributed by atoms with Crippen LogP contribution in [0.3, 0.4) is 0 Å². The highest BCUT2D eigenvalue weighted by Crippen LogP contribution is 2.24. The van der Waals surface area contributed by atoms with Gasteiger partial charge in [0.05, 0.1) is 0 Å². The summed E-state index contributed by atoms with van der Waals surface area (Å²) < 4.78 is 1.11. The van der Waals surface area contributed by atoms with Gasteiger partial charge in [0.2, 0.25) is 0 Å². The molecule has 0 aliphatic heterocycles. The third kappa shape index (κ3) is 2.42. The van der Waals surface area contributed by atoms with E-state index in [1.165, 1.54) is 16.7 Å². The Morgan fingerprint density at radius 3 is 2.00 bits per heavy atom. The van der Waals surface area contributed by atoms with Gasteiger partial charge in [-0.15, -0.1) is 0 Å². The van der Waals surface area contributed by atoms with E-state index in [2.05, 4.69) is 77.5 Å². The maximum atomic E-state index is 3.45. The monoisotopic (exact) mass is 272 g/mol. The normalized spacial score (nSPS) is 11.5. The Morgan fingerprint density at radius 1 is 0.875 bits per heavy atom. The molecule has 0 spiro atoms. The van der Waals surface area contributed by atoms with E-state index in [-0.39, 0.29) is 0 Å². The van der Waals surface area contributed by atoms with Crippen LogP contribution in [0.1, 0.15) is 18.1 Å². The van der Waals surface area contributed by atoms with Crippen LogP contribution >= 0.6 is 15.9 Å². The van der Waals surface area contributed by atoms with Crippen molar-refractivity contribution in [1.82, 2.24) is 0 Å². The standard InChI is InChI=1S/C15H13Br/c1-2-15(12-6-4-3-5-7-12)13-8-10-14(16)11-9-13/h2-11H,1H3. The highest BCUT2D eigenvalue weighted by atomic mass is 79.9. The van der Waals surface area contributed by atoms with Crippen LogP contribution in [0.15, 0.2) is 65.1 Å². The number of benzene rings is 2. The average molecular weight is 273 g/mol. The predicted octanol–water partition coefficient (Wildman–Crippen LogP) is 4.90. The van der Waals surface area contributed by atoms with Gasteiger partial charge in [-0.05, 0) is 35.8 Å². The zero-order valence-corrected chi connectivity index (χ0v) is 10.7. The molecule has 0 atom stereocenters. The molecule has 0 nitrogen and oxygen atoms in total. The van der Waals surface area contributed by atoms with Gasteiger partial charge in [0.25, 0.3) is 0 Å². The molecule has 80 valence electrons. The van der Waals surface area contributed by atoms with Gasteiger partial charge in [0.1, 0.15) is 0 Å². The highest BCUT2D eigenvalue weighted by Gasteiger charge is 2.02. The van der Waals surface area contributed by atoms with E-state index < -0.39 is 0 Å². The first-order valence-corrected chi connectivity index (χ1v) is 6.08. The molecule has 0 heterocycles. The lowest BCUT2D eigenvalue weighted by atomic mass is 9.98.